The second kappa shape index (κ2) is 12.0. The Kier molecular flexibility index (Phi) is 9.65. The van der Waals surface area contributed by atoms with Crippen LogP contribution in [0.5, 0.6) is 0 Å². The number of carbonyl (C=O) groups is 1. The van der Waals surface area contributed by atoms with Crippen molar-refractivity contribution in [3.8, 4) is 11.1 Å². The highest BCUT2D eigenvalue weighted by Gasteiger charge is 2.20. The van der Waals surface area contributed by atoms with Crippen molar-refractivity contribution in [3.05, 3.63) is 59.3 Å². The maximum Gasteiger partial charge on any atom is 0.207 e. The molecule has 1 fully saturated rings. The minimum atomic E-state index is -0.243. The number of aromatic amines is 1. The molecule has 1 aliphatic heterocycles. The summed E-state index contributed by atoms with van der Waals surface area (Å²) in [4.78, 5) is 13.1. The Morgan fingerprint density at radius 3 is 2.15 bits per heavy atom. The molecule has 1 amide bonds. The van der Waals surface area contributed by atoms with Crippen LogP contribution in [-0.2, 0) is 4.79 Å². The maximum absolute atomic E-state index is 9.71. The molecule has 1 saturated heterocycles. The van der Waals surface area contributed by atoms with E-state index in [-0.39, 0.29) is 24.3 Å². The molecular weight excluding hydrogens is 414 g/mol. The molecule has 6 heteroatoms. The second-order valence-corrected chi connectivity index (χ2v) is 9.82. The smallest absolute Gasteiger partial charge is 0.207 e. The first-order chi connectivity index (χ1) is 15.5. The zero-order valence-corrected chi connectivity index (χ0v) is 20.7. The monoisotopic (exact) mass is 453 g/mol. The molecule has 0 saturated carbocycles. The van der Waals surface area contributed by atoms with Gasteiger partial charge < -0.3 is 25.8 Å². The zero-order chi connectivity index (χ0) is 24.6. The molecule has 180 valence electrons. The van der Waals surface area contributed by atoms with E-state index in [1.165, 1.54) is 38.9 Å². The minimum Gasteiger partial charge on any atom is -0.395 e. The number of β-amino-alcohol motifs (C(OH)–C–C–N with tert-alkyl or cyclic N) is 1. The summed E-state index contributed by atoms with van der Waals surface area (Å²) in [5, 5.41) is 24.2. The third-order valence-electron chi connectivity index (χ3n) is 5.22. The Bertz CT molecular complexity index is 1020. The molecule has 0 spiro atoms. The normalized spacial score (nSPS) is 17.6. The van der Waals surface area contributed by atoms with Crippen molar-refractivity contribution in [2.75, 3.05) is 13.2 Å². The van der Waals surface area contributed by atoms with Crippen molar-refractivity contribution < 1.29 is 15.0 Å². The van der Waals surface area contributed by atoms with Crippen LogP contribution in [0.2, 0.25) is 0 Å². The van der Waals surface area contributed by atoms with Gasteiger partial charge in [0.15, 0.2) is 0 Å². The SMILES string of the molecule is CC(C)(C)NC=O.Cc1cc(C)cc(-c2ccc3[nH]c(C)cc3c2)c1.OCC1C[C@@H](O)CN1. The van der Waals surface area contributed by atoms with Gasteiger partial charge in [-0.15, -0.1) is 0 Å². The molecular formula is C27H39N3O3. The molecule has 1 aliphatic rings. The molecule has 4 rings (SSSR count). The Balaban J connectivity index is 0.000000214. The highest BCUT2D eigenvalue weighted by Crippen LogP contribution is 2.26. The molecule has 0 aliphatic carbocycles. The number of aliphatic hydroxyl groups excluding tert-OH is 2. The first kappa shape index (κ1) is 26.6. The summed E-state index contributed by atoms with van der Waals surface area (Å²) in [6, 6.07) is 15.6. The van der Waals surface area contributed by atoms with Gasteiger partial charge in [0.25, 0.3) is 0 Å². The van der Waals surface area contributed by atoms with E-state index in [2.05, 4.69) is 78.9 Å². The van der Waals surface area contributed by atoms with Gasteiger partial charge in [-0.1, -0.05) is 35.4 Å². The number of benzene rings is 2. The molecule has 1 aromatic heterocycles. The Labute approximate surface area is 197 Å². The van der Waals surface area contributed by atoms with E-state index in [0.717, 1.165) is 0 Å². The quantitative estimate of drug-likeness (QED) is 0.387. The van der Waals surface area contributed by atoms with E-state index in [1.54, 1.807) is 0 Å². The fourth-order valence-corrected chi connectivity index (χ4v) is 3.71. The van der Waals surface area contributed by atoms with Gasteiger partial charge in [-0.2, -0.15) is 0 Å². The van der Waals surface area contributed by atoms with Crippen LogP contribution in [-0.4, -0.2) is 52.4 Å². The standard InChI is InChI=1S/C17H17N.C5H11NO2.C5H11NO/c1-11-6-12(2)8-15(7-11)14-4-5-17-16(10-14)9-13(3)18-17;7-3-4-1-5(8)2-6-4;1-5(2,3)6-4-7/h4-10,18H,1-3H3;4-8H,1-3H2;4H,1-3H3,(H,6,7)/t;4?,5-;/m.1./s1. The summed E-state index contributed by atoms with van der Waals surface area (Å²) in [5.41, 5.74) is 7.57. The van der Waals surface area contributed by atoms with Gasteiger partial charge in [0.1, 0.15) is 0 Å². The summed E-state index contributed by atoms with van der Waals surface area (Å²) >= 11 is 0. The lowest BCUT2D eigenvalue weighted by Crippen LogP contribution is -2.34. The number of hydrogen-bond acceptors (Lipinski definition) is 4. The molecule has 2 heterocycles. The fourth-order valence-electron chi connectivity index (χ4n) is 3.71. The Morgan fingerprint density at radius 1 is 1.03 bits per heavy atom. The molecule has 6 nitrogen and oxygen atoms in total. The van der Waals surface area contributed by atoms with Crippen LogP contribution in [0.25, 0.3) is 22.0 Å². The fraction of sp³-hybridized carbons (Fsp3) is 0.444. The van der Waals surface area contributed by atoms with Crippen LogP contribution in [0.15, 0.2) is 42.5 Å². The molecule has 33 heavy (non-hydrogen) atoms. The molecule has 0 bridgehead atoms. The van der Waals surface area contributed by atoms with Crippen LogP contribution in [0.4, 0.5) is 0 Å². The summed E-state index contributed by atoms with van der Waals surface area (Å²) < 4.78 is 0. The van der Waals surface area contributed by atoms with E-state index in [9.17, 15) is 4.79 Å². The summed E-state index contributed by atoms with van der Waals surface area (Å²) in [5.74, 6) is 0. The van der Waals surface area contributed by atoms with Crippen molar-refractivity contribution in [1.29, 1.82) is 0 Å². The average molecular weight is 454 g/mol. The lowest BCUT2D eigenvalue weighted by Gasteiger charge is -2.15. The number of H-pyrrole nitrogens is 1. The Hall–Kier alpha value is -2.67. The Morgan fingerprint density at radius 2 is 1.70 bits per heavy atom. The number of hydrogen-bond donors (Lipinski definition) is 5. The number of amides is 1. The van der Waals surface area contributed by atoms with Gasteiger partial charge in [-0.05, 0) is 77.3 Å². The maximum atomic E-state index is 9.71. The molecule has 2 aromatic carbocycles. The summed E-state index contributed by atoms with van der Waals surface area (Å²) in [6.45, 7) is 13.0. The highest BCUT2D eigenvalue weighted by molar-refractivity contribution is 5.86. The summed E-state index contributed by atoms with van der Waals surface area (Å²) in [7, 11) is 0. The number of nitrogens with one attached hydrogen (secondary N) is 3. The highest BCUT2D eigenvalue weighted by atomic mass is 16.3. The van der Waals surface area contributed by atoms with Crippen LogP contribution in [0.1, 0.15) is 44.0 Å². The van der Waals surface area contributed by atoms with Gasteiger partial charge >= 0.3 is 0 Å². The van der Waals surface area contributed by atoms with E-state index >= 15 is 0 Å². The predicted octanol–water partition coefficient (Wildman–Crippen LogP) is 3.99. The van der Waals surface area contributed by atoms with Gasteiger partial charge in [-0.3, -0.25) is 4.79 Å². The van der Waals surface area contributed by atoms with Crippen LogP contribution in [0.3, 0.4) is 0 Å². The number of aliphatic hydroxyl groups is 2. The van der Waals surface area contributed by atoms with Crippen LogP contribution < -0.4 is 10.6 Å². The van der Waals surface area contributed by atoms with E-state index in [0.29, 0.717) is 19.4 Å². The van der Waals surface area contributed by atoms with E-state index < -0.39 is 0 Å². The lowest BCUT2D eigenvalue weighted by atomic mass is 10.00. The van der Waals surface area contributed by atoms with Gasteiger partial charge in [0.2, 0.25) is 6.41 Å². The number of aromatic nitrogens is 1. The predicted molar refractivity (Wildman–Crippen MR) is 136 cm³/mol. The molecule has 3 aromatic rings. The van der Waals surface area contributed by atoms with Crippen LogP contribution in [0, 0.1) is 20.8 Å². The number of carbonyl (C=O) groups excluding carboxylic acids is 1. The molecule has 1 unspecified atom stereocenters. The van der Waals surface area contributed by atoms with Crippen LogP contribution >= 0.6 is 0 Å². The largest absolute Gasteiger partial charge is 0.395 e. The topological polar surface area (TPSA) is 97.4 Å². The molecule has 0 radical (unpaired) electrons. The minimum absolute atomic E-state index is 0.0677. The van der Waals surface area contributed by atoms with Crippen molar-refractivity contribution in [3.63, 3.8) is 0 Å². The molecule has 2 atom stereocenters. The molecule has 5 N–H and O–H groups in total. The number of fused-ring (bicyclic) bond motifs is 1. The third-order valence-corrected chi connectivity index (χ3v) is 5.22. The van der Waals surface area contributed by atoms with Crippen molar-refractivity contribution >= 4 is 17.3 Å². The van der Waals surface area contributed by atoms with E-state index in [1.807, 2.05) is 20.8 Å². The second-order valence-electron chi connectivity index (χ2n) is 9.82. The van der Waals surface area contributed by atoms with Gasteiger partial charge in [-0.25, -0.2) is 0 Å². The zero-order valence-electron chi connectivity index (χ0n) is 20.7. The number of rotatable bonds is 3. The van der Waals surface area contributed by atoms with Crippen molar-refractivity contribution in [2.24, 2.45) is 0 Å². The first-order valence-corrected chi connectivity index (χ1v) is 11.4. The summed E-state index contributed by atoms with van der Waals surface area (Å²) in [6.07, 6.45) is 1.16. The first-order valence-electron chi connectivity index (χ1n) is 11.4. The van der Waals surface area contributed by atoms with Crippen molar-refractivity contribution in [2.45, 2.75) is 65.6 Å². The average Bonchev–Trinajstić information content (AvgIpc) is 3.30. The van der Waals surface area contributed by atoms with E-state index in [4.69, 9.17) is 10.2 Å². The lowest BCUT2D eigenvalue weighted by molar-refractivity contribution is -0.110. The van der Waals surface area contributed by atoms with Crippen molar-refractivity contribution in [1.82, 2.24) is 15.6 Å². The van der Waals surface area contributed by atoms with Gasteiger partial charge in [0.05, 0.1) is 12.7 Å². The third kappa shape index (κ3) is 9.00. The van der Waals surface area contributed by atoms with Gasteiger partial charge in [0, 0.05) is 34.7 Å². The number of aryl methyl sites for hydroxylation is 3.